The quantitative estimate of drug-likeness (QED) is 0.593. The molecule has 0 aromatic carbocycles. The van der Waals surface area contributed by atoms with Crippen molar-refractivity contribution in [3.63, 3.8) is 0 Å². The third-order valence-corrected chi connectivity index (χ3v) is 1.76. The van der Waals surface area contributed by atoms with Gasteiger partial charge in [-0.25, -0.2) is 0 Å². The van der Waals surface area contributed by atoms with E-state index in [1.54, 1.807) is 6.20 Å². The summed E-state index contributed by atoms with van der Waals surface area (Å²) in [4.78, 5) is 0. The molecule has 0 saturated carbocycles. The van der Waals surface area contributed by atoms with Gasteiger partial charge >= 0.3 is 0 Å². The van der Waals surface area contributed by atoms with Crippen molar-refractivity contribution < 1.29 is 5.11 Å². The molecule has 4 heteroatoms. The van der Waals surface area contributed by atoms with Crippen LogP contribution in [0.15, 0.2) is 12.3 Å². The van der Waals surface area contributed by atoms with Gasteiger partial charge in [-0.2, -0.15) is 5.10 Å². The highest BCUT2D eigenvalue weighted by Gasteiger charge is 1.99. The molecule has 1 unspecified atom stereocenters. The molecule has 0 saturated heterocycles. The van der Waals surface area contributed by atoms with Crippen LogP contribution in [0.4, 0.5) is 0 Å². The van der Waals surface area contributed by atoms with Crippen molar-refractivity contribution >= 4 is 0 Å². The Bertz CT molecular complexity index is 198. The monoisotopic (exact) mass is 169 g/mol. The van der Waals surface area contributed by atoms with Gasteiger partial charge < -0.3 is 10.4 Å². The highest BCUT2D eigenvalue weighted by Crippen LogP contribution is 1.94. The molecule has 1 rings (SSSR count). The summed E-state index contributed by atoms with van der Waals surface area (Å²) in [7, 11) is 0. The third-order valence-electron chi connectivity index (χ3n) is 1.76. The van der Waals surface area contributed by atoms with Gasteiger partial charge in [-0.3, -0.25) is 5.10 Å². The molecule has 1 atom stereocenters. The van der Waals surface area contributed by atoms with Gasteiger partial charge in [0.2, 0.25) is 0 Å². The van der Waals surface area contributed by atoms with Crippen molar-refractivity contribution in [1.82, 2.24) is 15.5 Å². The molecule has 0 spiro atoms. The summed E-state index contributed by atoms with van der Waals surface area (Å²) in [5, 5.41) is 18.6. The molecule has 1 aromatic heterocycles. The van der Waals surface area contributed by atoms with Crippen LogP contribution in [0.5, 0.6) is 0 Å². The first kappa shape index (κ1) is 9.22. The van der Waals surface area contributed by atoms with E-state index in [0.29, 0.717) is 6.04 Å². The maximum absolute atomic E-state index is 8.63. The van der Waals surface area contributed by atoms with Gasteiger partial charge in [0.1, 0.15) is 0 Å². The lowest BCUT2D eigenvalue weighted by Gasteiger charge is -2.10. The lowest BCUT2D eigenvalue weighted by molar-refractivity contribution is 0.268. The highest BCUT2D eigenvalue weighted by atomic mass is 16.3. The van der Waals surface area contributed by atoms with Gasteiger partial charge in [0.15, 0.2) is 0 Å². The SMILES string of the molecule is CC(CCO)NCc1ccn[nH]1. The van der Waals surface area contributed by atoms with E-state index in [4.69, 9.17) is 5.11 Å². The van der Waals surface area contributed by atoms with E-state index in [0.717, 1.165) is 18.7 Å². The Balaban J connectivity index is 2.17. The summed E-state index contributed by atoms with van der Waals surface area (Å²) in [6, 6.07) is 2.27. The van der Waals surface area contributed by atoms with E-state index in [1.807, 2.05) is 13.0 Å². The first-order chi connectivity index (χ1) is 5.83. The van der Waals surface area contributed by atoms with E-state index in [9.17, 15) is 0 Å². The lowest BCUT2D eigenvalue weighted by atomic mass is 10.2. The second-order valence-corrected chi connectivity index (χ2v) is 2.88. The Kier molecular flexibility index (Phi) is 3.76. The van der Waals surface area contributed by atoms with E-state index in [2.05, 4.69) is 15.5 Å². The van der Waals surface area contributed by atoms with Crippen molar-refractivity contribution in [3.05, 3.63) is 18.0 Å². The summed E-state index contributed by atoms with van der Waals surface area (Å²) < 4.78 is 0. The summed E-state index contributed by atoms with van der Waals surface area (Å²) in [5.41, 5.74) is 1.07. The first-order valence-corrected chi connectivity index (χ1v) is 4.15. The molecule has 1 heterocycles. The number of nitrogens with zero attached hydrogens (tertiary/aromatic N) is 1. The van der Waals surface area contributed by atoms with Crippen LogP contribution in [0.1, 0.15) is 19.0 Å². The van der Waals surface area contributed by atoms with Gasteiger partial charge in [-0.05, 0) is 19.4 Å². The predicted octanol–water partition coefficient (Wildman–Crippen LogP) is 0.270. The minimum atomic E-state index is 0.233. The average Bonchev–Trinajstić information content (AvgIpc) is 2.53. The Morgan fingerprint density at radius 1 is 1.75 bits per heavy atom. The fourth-order valence-electron chi connectivity index (χ4n) is 0.963. The third kappa shape index (κ3) is 3.02. The maximum atomic E-state index is 8.63. The molecule has 0 amide bonds. The van der Waals surface area contributed by atoms with Crippen molar-refractivity contribution in [1.29, 1.82) is 0 Å². The Morgan fingerprint density at radius 2 is 2.58 bits per heavy atom. The molecule has 3 N–H and O–H groups in total. The van der Waals surface area contributed by atoms with E-state index in [1.165, 1.54) is 0 Å². The number of rotatable bonds is 5. The second kappa shape index (κ2) is 4.90. The molecular formula is C8H15N3O. The summed E-state index contributed by atoms with van der Waals surface area (Å²) in [6.45, 7) is 3.06. The smallest absolute Gasteiger partial charge is 0.0490 e. The number of H-pyrrole nitrogens is 1. The number of aliphatic hydroxyl groups is 1. The topological polar surface area (TPSA) is 60.9 Å². The number of aliphatic hydroxyl groups excluding tert-OH is 1. The molecule has 68 valence electrons. The van der Waals surface area contributed by atoms with Crippen LogP contribution < -0.4 is 5.32 Å². The zero-order valence-electron chi connectivity index (χ0n) is 7.25. The second-order valence-electron chi connectivity index (χ2n) is 2.88. The van der Waals surface area contributed by atoms with Crippen molar-refractivity contribution in [2.24, 2.45) is 0 Å². The molecule has 0 aliphatic carbocycles. The van der Waals surface area contributed by atoms with Crippen LogP contribution in [0.3, 0.4) is 0 Å². The fourth-order valence-corrected chi connectivity index (χ4v) is 0.963. The highest BCUT2D eigenvalue weighted by molar-refractivity contribution is 4.96. The summed E-state index contributed by atoms with van der Waals surface area (Å²) in [5.74, 6) is 0. The molecule has 4 nitrogen and oxygen atoms in total. The zero-order valence-corrected chi connectivity index (χ0v) is 7.25. The Hall–Kier alpha value is -0.870. The van der Waals surface area contributed by atoms with Crippen LogP contribution in [0.2, 0.25) is 0 Å². The minimum absolute atomic E-state index is 0.233. The minimum Gasteiger partial charge on any atom is -0.396 e. The van der Waals surface area contributed by atoms with Gasteiger partial charge in [0.25, 0.3) is 0 Å². The Labute approximate surface area is 72.0 Å². The molecular weight excluding hydrogens is 154 g/mol. The number of hydrogen-bond donors (Lipinski definition) is 3. The van der Waals surface area contributed by atoms with Gasteiger partial charge in [-0.1, -0.05) is 0 Å². The number of nitrogens with one attached hydrogen (secondary N) is 2. The molecule has 1 aromatic rings. The van der Waals surface area contributed by atoms with Gasteiger partial charge in [-0.15, -0.1) is 0 Å². The van der Waals surface area contributed by atoms with E-state index < -0.39 is 0 Å². The largest absolute Gasteiger partial charge is 0.396 e. The van der Waals surface area contributed by atoms with Crippen LogP contribution in [-0.4, -0.2) is 28.0 Å². The van der Waals surface area contributed by atoms with Gasteiger partial charge in [0, 0.05) is 31.1 Å². The van der Waals surface area contributed by atoms with Crippen molar-refractivity contribution in [2.45, 2.75) is 25.9 Å². The average molecular weight is 169 g/mol. The standard InChI is InChI=1S/C8H15N3O/c1-7(3-5-12)9-6-8-2-4-10-11-8/h2,4,7,9,12H,3,5-6H2,1H3,(H,10,11). The maximum Gasteiger partial charge on any atom is 0.0490 e. The number of aromatic nitrogens is 2. The van der Waals surface area contributed by atoms with E-state index in [-0.39, 0.29) is 6.61 Å². The fraction of sp³-hybridized carbons (Fsp3) is 0.625. The Morgan fingerprint density at radius 3 is 3.17 bits per heavy atom. The predicted molar refractivity (Wildman–Crippen MR) is 46.6 cm³/mol. The van der Waals surface area contributed by atoms with E-state index >= 15 is 0 Å². The number of aromatic amines is 1. The van der Waals surface area contributed by atoms with Crippen LogP contribution in [0, 0.1) is 0 Å². The summed E-state index contributed by atoms with van der Waals surface area (Å²) >= 11 is 0. The normalized spacial score (nSPS) is 13.2. The summed E-state index contributed by atoms with van der Waals surface area (Å²) in [6.07, 6.45) is 2.52. The molecule has 0 aliphatic heterocycles. The van der Waals surface area contributed by atoms with Gasteiger partial charge in [0.05, 0.1) is 0 Å². The molecule has 0 bridgehead atoms. The molecule has 0 aliphatic rings. The van der Waals surface area contributed by atoms with Crippen LogP contribution in [0.25, 0.3) is 0 Å². The first-order valence-electron chi connectivity index (χ1n) is 4.15. The van der Waals surface area contributed by atoms with Crippen LogP contribution >= 0.6 is 0 Å². The lowest BCUT2D eigenvalue weighted by Crippen LogP contribution is -2.26. The van der Waals surface area contributed by atoms with Crippen molar-refractivity contribution in [3.8, 4) is 0 Å². The molecule has 12 heavy (non-hydrogen) atoms. The van der Waals surface area contributed by atoms with Crippen molar-refractivity contribution in [2.75, 3.05) is 6.61 Å². The molecule has 0 radical (unpaired) electrons. The zero-order chi connectivity index (χ0) is 8.81. The molecule has 0 fully saturated rings. The number of hydrogen-bond acceptors (Lipinski definition) is 3. The van der Waals surface area contributed by atoms with Crippen LogP contribution in [-0.2, 0) is 6.54 Å².